The van der Waals surface area contributed by atoms with Crippen LogP contribution in [0, 0.1) is 0 Å². The van der Waals surface area contributed by atoms with E-state index >= 15 is 0 Å². The first-order chi connectivity index (χ1) is 7.70. The second kappa shape index (κ2) is 4.89. The molecule has 1 rings (SSSR count). The Morgan fingerprint density at radius 2 is 2.12 bits per heavy atom. The van der Waals surface area contributed by atoms with E-state index in [1.54, 1.807) is 32.2 Å². The molecule has 0 aliphatic carbocycles. The highest BCUT2D eigenvalue weighted by atomic mass is 32.2. The van der Waals surface area contributed by atoms with Gasteiger partial charge < -0.3 is 11.1 Å². The van der Waals surface area contributed by atoms with Crippen molar-refractivity contribution in [2.75, 3.05) is 23.9 Å². The summed E-state index contributed by atoms with van der Waals surface area (Å²) in [6.07, 6.45) is 2.73. The second-order valence-electron chi connectivity index (χ2n) is 4.55. The first-order valence-electron chi connectivity index (χ1n) is 5.13. The third kappa shape index (κ3) is 5.01. The normalized spacial score (nSPS) is 12.4. The number of aromatic nitrogens is 1. The van der Waals surface area contributed by atoms with Crippen molar-refractivity contribution in [3.63, 3.8) is 0 Å². The van der Waals surface area contributed by atoms with Crippen molar-refractivity contribution in [1.82, 2.24) is 9.71 Å². The molecule has 0 saturated heterocycles. The largest absolute Gasteiger partial charge is 0.382 e. The third-order valence-corrected chi connectivity index (χ3v) is 2.94. The molecule has 7 heteroatoms. The van der Waals surface area contributed by atoms with E-state index in [4.69, 9.17) is 5.73 Å². The van der Waals surface area contributed by atoms with Crippen LogP contribution in [0.25, 0.3) is 0 Å². The number of nitrogen functional groups attached to an aromatic ring is 1. The van der Waals surface area contributed by atoms with Crippen LogP contribution in [0.15, 0.2) is 18.3 Å². The first kappa shape index (κ1) is 13.7. The molecule has 0 aliphatic heterocycles. The number of rotatable bonds is 5. The Morgan fingerprint density at radius 3 is 2.65 bits per heavy atom. The lowest BCUT2D eigenvalue weighted by molar-refractivity contribution is 0.476. The van der Waals surface area contributed by atoms with Crippen molar-refractivity contribution in [1.29, 1.82) is 0 Å². The molecule has 0 fully saturated rings. The monoisotopic (exact) mass is 258 g/mol. The topological polar surface area (TPSA) is 97.1 Å². The maximum absolute atomic E-state index is 11.1. The molecule has 0 bridgehead atoms. The summed E-state index contributed by atoms with van der Waals surface area (Å²) >= 11 is 0. The number of nitrogens with two attached hydrogens (primary N) is 1. The van der Waals surface area contributed by atoms with E-state index in [-0.39, 0.29) is 0 Å². The summed E-state index contributed by atoms with van der Waals surface area (Å²) in [5, 5.41) is 3.06. The van der Waals surface area contributed by atoms with Crippen molar-refractivity contribution in [2.45, 2.75) is 19.4 Å². The lowest BCUT2D eigenvalue weighted by Crippen LogP contribution is -2.47. The molecule has 0 spiro atoms. The Hall–Kier alpha value is -1.34. The number of hydrogen-bond donors (Lipinski definition) is 3. The van der Waals surface area contributed by atoms with Crippen molar-refractivity contribution >= 4 is 21.5 Å². The SMILES string of the molecule is CC(C)(CNc1cccnc1N)NS(C)(=O)=O. The zero-order chi connectivity index (χ0) is 13.1. The maximum atomic E-state index is 11.1. The molecule has 0 unspecified atom stereocenters. The quantitative estimate of drug-likeness (QED) is 0.710. The number of pyridine rings is 1. The molecule has 1 aromatic heterocycles. The van der Waals surface area contributed by atoms with Gasteiger partial charge in [0, 0.05) is 18.3 Å². The summed E-state index contributed by atoms with van der Waals surface area (Å²) in [6, 6.07) is 3.55. The van der Waals surface area contributed by atoms with Gasteiger partial charge in [-0.15, -0.1) is 0 Å². The van der Waals surface area contributed by atoms with Crippen LogP contribution in [-0.2, 0) is 10.0 Å². The Balaban J connectivity index is 2.65. The molecule has 4 N–H and O–H groups in total. The van der Waals surface area contributed by atoms with E-state index in [0.717, 1.165) is 6.26 Å². The molecular formula is C10H18N4O2S. The zero-order valence-corrected chi connectivity index (χ0v) is 11.0. The fourth-order valence-electron chi connectivity index (χ4n) is 1.42. The molecule has 6 nitrogen and oxygen atoms in total. The highest BCUT2D eigenvalue weighted by molar-refractivity contribution is 7.88. The fourth-order valence-corrected chi connectivity index (χ4v) is 2.50. The minimum atomic E-state index is -3.23. The van der Waals surface area contributed by atoms with Gasteiger partial charge in [-0.2, -0.15) is 0 Å². The Bertz CT molecular complexity index is 485. The number of nitrogens with zero attached hydrogens (tertiary/aromatic N) is 1. The molecule has 1 aromatic rings. The molecule has 0 aromatic carbocycles. The van der Waals surface area contributed by atoms with Gasteiger partial charge >= 0.3 is 0 Å². The lowest BCUT2D eigenvalue weighted by atomic mass is 10.1. The van der Waals surface area contributed by atoms with E-state index in [0.29, 0.717) is 18.1 Å². The van der Waals surface area contributed by atoms with Crippen molar-refractivity contribution in [2.24, 2.45) is 0 Å². The highest BCUT2D eigenvalue weighted by Crippen LogP contribution is 2.15. The van der Waals surface area contributed by atoms with E-state index in [1.165, 1.54) is 0 Å². The summed E-state index contributed by atoms with van der Waals surface area (Å²) < 4.78 is 24.8. The number of hydrogen-bond acceptors (Lipinski definition) is 5. The van der Waals surface area contributed by atoms with Gasteiger partial charge in [0.05, 0.1) is 11.9 Å². The van der Waals surface area contributed by atoms with Gasteiger partial charge in [-0.1, -0.05) is 0 Å². The molecule has 0 aliphatic rings. The van der Waals surface area contributed by atoms with E-state index in [2.05, 4.69) is 15.0 Å². The van der Waals surface area contributed by atoms with Gasteiger partial charge in [-0.3, -0.25) is 0 Å². The summed E-state index contributed by atoms with van der Waals surface area (Å²) in [4.78, 5) is 3.93. The van der Waals surface area contributed by atoms with Crippen molar-refractivity contribution in [3.05, 3.63) is 18.3 Å². The predicted molar refractivity (Wildman–Crippen MR) is 69.2 cm³/mol. The van der Waals surface area contributed by atoms with Crippen LogP contribution >= 0.6 is 0 Å². The molecule has 96 valence electrons. The van der Waals surface area contributed by atoms with Crippen LogP contribution in [0.3, 0.4) is 0 Å². The number of anilines is 2. The van der Waals surface area contributed by atoms with Gasteiger partial charge in [-0.25, -0.2) is 18.1 Å². The van der Waals surface area contributed by atoms with Crippen LogP contribution in [0.1, 0.15) is 13.8 Å². The second-order valence-corrected chi connectivity index (χ2v) is 6.30. The average Bonchev–Trinajstić information content (AvgIpc) is 2.13. The Morgan fingerprint density at radius 1 is 1.47 bits per heavy atom. The zero-order valence-electron chi connectivity index (χ0n) is 10.2. The van der Waals surface area contributed by atoms with Crippen LogP contribution in [-0.4, -0.2) is 31.7 Å². The van der Waals surface area contributed by atoms with E-state index < -0.39 is 15.6 Å². The highest BCUT2D eigenvalue weighted by Gasteiger charge is 2.21. The fraction of sp³-hybridized carbons (Fsp3) is 0.500. The molecule has 17 heavy (non-hydrogen) atoms. The number of nitrogens with one attached hydrogen (secondary N) is 2. The minimum absolute atomic E-state index is 0.391. The molecular weight excluding hydrogens is 240 g/mol. The van der Waals surface area contributed by atoms with E-state index in [9.17, 15) is 8.42 Å². The van der Waals surface area contributed by atoms with Crippen LogP contribution in [0.5, 0.6) is 0 Å². The standard InChI is InChI=1S/C10H18N4O2S/c1-10(2,14-17(3,15)16)7-13-8-5-4-6-12-9(8)11/h4-6,13-14H,7H2,1-3H3,(H2,11,12). The van der Waals surface area contributed by atoms with Crippen molar-refractivity contribution in [3.8, 4) is 0 Å². The molecule has 0 amide bonds. The summed E-state index contributed by atoms with van der Waals surface area (Å²) in [5.41, 5.74) is 5.75. The molecule has 1 heterocycles. The summed E-state index contributed by atoms with van der Waals surface area (Å²) in [6.45, 7) is 3.98. The minimum Gasteiger partial charge on any atom is -0.382 e. The Kier molecular flexibility index (Phi) is 3.94. The van der Waals surface area contributed by atoms with Gasteiger partial charge in [0.1, 0.15) is 5.82 Å². The van der Waals surface area contributed by atoms with Crippen molar-refractivity contribution < 1.29 is 8.42 Å². The first-order valence-corrected chi connectivity index (χ1v) is 7.02. The predicted octanol–water partition coefficient (Wildman–Crippen LogP) is 0.404. The molecule has 0 saturated carbocycles. The van der Waals surface area contributed by atoms with Gasteiger partial charge in [0.15, 0.2) is 0 Å². The van der Waals surface area contributed by atoms with Gasteiger partial charge in [-0.05, 0) is 26.0 Å². The van der Waals surface area contributed by atoms with Gasteiger partial charge in [0.2, 0.25) is 10.0 Å². The summed E-state index contributed by atoms with van der Waals surface area (Å²) in [5.74, 6) is 0.391. The van der Waals surface area contributed by atoms with Gasteiger partial charge in [0.25, 0.3) is 0 Å². The van der Waals surface area contributed by atoms with E-state index in [1.807, 2.05) is 0 Å². The third-order valence-electron chi connectivity index (χ3n) is 2.02. The average molecular weight is 258 g/mol. The van der Waals surface area contributed by atoms with Crippen LogP contribution in [0.2, 0.25) is 0 Å². The maximum Gasteiger partial charge on any atom is 0.209 e. The molecule has 0 radical (unpaired) electrons. The number of sulfonamides is 1. The lowest BCUT2D eigenvalue weighted by Gasteiger charge is -2.26. The van der Waals surface area contributed by atoms with Crippen LogP contribution in [0.4, 0.5) is 11.5 Å². The molecule has 0 atom stereocenters. The smallest absolute Gasteiger partial charge is 0.209 e. The van der Waals surface area contributed by atoms with Crippen LogP contribution < -0.4 is 15.8 Å². The Labute approximate surface area is 102 Å². The summed E-state index contributed by atoms with van der Waals surface area (Å²) in [7, 11) is -3.23.